The summed E-state index contributed by atoms with van der Waals surface area (Å²) in [5.74, 6) is -0.209. The minimum Gasteiger partial charge on any atom is -0.462 e. The topological polar surface area (TPSA) is 39.2 Å². The molecule has 92 valence electrons. The van der Waals surface area contributed by atoms with Gasteiger partial charge in [-0.1, -0.05) is 0 Å². The van der Waals surface area contributed by atoms with Crippen molar-refractivity contribution in [3.05, 3.63) is 29.6 Å². The Balaban J connectivity index is 1.98. The highest BCUT2D eigenvalue weighted by Gasteiger charge is 2.32. The van der Waals surface area contributed by atoms with Gasteiger partial charge < -0.3 is 4.74 Å². The minimum absolute atomic E-state index is 0.0404. The highest BCUT2D eigenvalue weighted by Crippen LogP contribution is 2.29. The third kappa shape index (κ3) is 3.18. The molecule has 0 unspecified atom stereocenters. The Morgan fingerprint density at radius 1 is 1.41 bits per heavy atom. The number of pyridine rings is 1. The van der Waals surface area contributed by atoms with Crippen LogP contribution >= 0.6 is 0 Å². The van der Waals surface area contributed by atoms with Gasteiger partial charge in [0.25, 0.3) is 0 Å². The summed E-state index contributed by atoms with van der Waals surface area (Å²) in [7, 11) is 0. The Hall–Kier alpha value is -1.59. The number of alkyl halides is 3. The molecule has 1 fully saturated rings. The third-order valence-corrected chi connectivity index (χ3v) is 2.44. The number of esters is 1. The molecule has 1 aliphatic carbocycles. The zero-order valence-corrected chi connectivity index (χ0v) is 8.83. The van der Waals surface area contributed by atoms with Gasteiger partial charge in [-0.05, 0) is 30.9 Å². The van der Waals surface area contributed by atoms with Gasteiger partial charge in [-0.3, -0.25) is 4.98 Å². The molecule has 0 amide bonds. The molecule has 1 heterocycles. The first-order chi connectivity index (χ1) is 7.97. The van der Waals surface area contributed by atoms with Crippen LogP contribution in [0.1, 0.15) is 28.9 Å². The van der Waals surface area contributed by atoms with Gasteiger partial charge in [-0.2, -0.15) is 13.2 Å². The Morgan fingerprint density at radius 2 is 2.12 bits per heavy atom. The maximum atomic E-state index is 12.2. The monoisotopic (exact) mass is 245 g/mol. The summed E-state index contributed by atoms with van der Waals surface area (Å²) < 4.78 is 41.5. The maximum absolute atomic E-state index is 12.2. The largest absolute Gasteiger partial charge is 0.462 e. The van der Waals surface area contributed by atoms with Crippen molar-refractivity contribution >= 4 is 5.97 Å². The van der Waals surface area contributed by atoms with Crippen molar-refractivity contribution in [3.63, 3.8) is 0 Å². The van der Waals surface area contributed by atoms with E-state index in [2.05, 4.69) is 4.98 Å². The van der Waals surface area contributed by atoms with Gasteiger partial charge >= 0.3 is 12.1 Å². The summed E-state index contributed by atoms with van der Waals surface area (Å²) in [4.78, 5) is 14.6. The van der Waals surface area contributed by atoms with Crippen molar-refractivity contribution in [2.45, 2.75) is 19.0 Å². The summed E-state index contributed by atoms with van der Waals surface area (Å²) >= 11 is 0. The molecule has 0 N–H and O–H groups in total. The number of rotatable bonds is 3. The molecule has 0 saturated heterocycles. The number of aromatic nitrogens is 1. The second kappa shape index (κ2) is 4.35. The van der Waals surface area contributed by atoms with E-state index >= 15 is 0 Å². The molecule has 1 aromatic heterocycles. The summed E-state index contributed by atoms with van der Waals surface area (Å²) in [6.07, 6.45) is -1.52. The molecule has 0 radical (unpaired) electrons. The number of nitrogens with zero attached hydrogens (tertiary/aromatic N) is 1. The van der Waals surface area contributed by atoms with E-state index < -0.39 is 17.8 Å². The SMILES string of the molecule is O=C(OCC1CC1)c1ccc(C(F)(F)F)nc1. The van der Waals surface area contributed by atoms with Crippen molar-refractivity contribution < 1.29 is 22.7 Å². The number of carbonyl (C=O) groups excluding carboxylic acids is 1. The van der Waals surface area contributed by atoms with Crippen molar-refractivity contribution in [1.82, 2.24) is 4.98 Å². The second-order valence-electron chi connectivity index (χ2n) is 3.97. The van der Waals surface area contributed by atoms with E-state index in [1.807, 2.05) is 0 Å². The van der Waals surface area contributed by atoms with E-state index in [0.717, 1.165) is 31.2 Å². The fraction of sp³-hybridized carbons (Fsp3) is 0.455. The zero-order chi connectivity index (χ0) is 12.5. The van der Waals surface area contributed by atoms with Crippen molar-refractivity contribution in [1.29, 1.82) is 0 Å². The van der Waals surface area contributed by atoms with Crippen molar-refractivity contribution in [2.75, 3.05) is 6.61 Å². The molecular weight excluding hydrogens is 235 g/mol. The maximum Gasteiger partial charge on any atom is 0.433 e. The van der Waals surface area contributed by atoms with E-state index in [9.17, 15) is 18.0 Å². The molecule has 0 aromatic carbocycles. The fourth-order valence-electron chi connectivity index (χ4n) is 1.24. The summed E-state index contributed by atoms with van der Waals surface area (Å²) in [5, 5.41) is 0. The molecule has 0 atom stereocenters. The molecule has 0 aliphatic heterocycles. The van der Waals surface area contributed by atoms with Gasteiger partial charge in [-0.15, -0.1) is 0 Å². The van der Waals surface area contributed by atoms with Crippen molar-refractivity contribution in [3.8, 4) is 0 Å². The van der Waals surface area contributed by atoms with Crippen LogP contribution in [0.2, 0.25) is 0 Å². The second-order valence-corrected chi connectivity index (χ2v) is 3.97. The molecular formula is C11H10F3NO2. The molecule has 1 saturated carbocycles. The molecule has 2 rings (SSSR count). The van der Waals surface area contributed by atoms with Gasteiger partial charge in [0, 0.05) is 6.20 Å². The standard InChI is InChI=1S/C11H10F3NO2/c12-11(13,14)9-4-3-8(5-15-9)10(16)17-6-7-1-2-7/h3-5,7H,1-2,6H2. The van der Waals surface area contributed by atoms with Crippen LogP contribution in [0, 0.1) is 5.92 Å². The molecule has 0 spiro atoms. The van der Waals surface area contributed by atoms with E-state index in [-0.39, 0.29) is 5.56 Å². The Labute approximate surface area is 95.6 Å². The van der Waals surface area contributed by atoms with E-state index in [4.69, 9.17) is 4.74 Å². The third-order valence-electron chi connectivity index (χ3n) is 2.44. The average molecular weight is 245 g/mol. The summed E-state index contributed by atoms with van der Waals surface area (Å²) in [6, 6.07) is 1.85. The average Bonchev–Trinajstić information content (AvgIpc) is 3.09. The van der Waals surface area contributed by atoms with Gasteiger partial charge in [0.2, 0.25) is 0 Å². The predicted molar refractivity (Wildman–Crippen MR) is 52.2 cm³/mol. The molecule has 3 nitrogen and oxygen atoms in total. The highest BCUT2D eigenvalue weighted by molar-refractivity contribution is 5.88. The van der Waals surface area contributed by atoms with Crippen LogP contribution in [0.25, 0.3) is 0 Å². The molecule has 0 bridgehead atoms. The number of carbonyl (C=O) groups is 1. The number of ether oxygens (including phenoxy) is 1. The molecule has 17 heavy (non-hydrogen) atoms. The minimum atomic E-state index is -4.49. The Kier molecular flexibility index (Phi) is 3.04. The predicted octanol–water partition coefficient (Wildman–Crippen LogP) is 2.67. The lowest BCUT2D eigenvalue weighted by Gasteiger charge is -2.06. The number of halogens is 3. The lowest BCUT2D eigenvalue weighted by Crippen LogP contribution is -2.11. The lowest BCUT2D eigenvalue weighted by molar-refractivity contribution is -0.141. The van der Waals surface area contributed by atoms with Crippen LogP contribution < -0.4 is 0 Å². The van der Waals surface area contributed by atoms with E-state index in [1.165, 1.54) is 0 Å². The summed E-state index contributed by atoms with van der Waals surface area (Å²) in [5.41, 5.74) is -0.977. The van der Waals surface area contributed by atoms with Crippen LogP contribution in [0.15, 0.2) is 18.3 Å². The van der Waals surface area contributed by atoms with Crippen LogP contribution in [0.4, 0.5) is 13.2 Å². The quantitative estimate of drug-likeness (QED) is 0.768. The first-order valence-electron chi connectivity index (χ1n) is 5.17. The van der Waals surface area contributed by atoms with E-state index in [1.54, 1.807) is 0 Å². The van der Waals surface area contributed by atoms with Crippen LogP contribution in [0.3, 0.4) is 0 Å². The number of hydrogen-bond donors (Lipinski definition) is 0. The van der Waals surface area contributed by atoms with Crippen LogP contribution in [-0.2, 0) is 10.9 Å². The molecule has 1 aliphatic rings. The summed E-state index contributed by atoms with van der Waals surface area (Å²) in [6.45, 7) is 0.333. The fourth-order valence-corrected chi connectivity index (χ4v) is 1.24. The lowest BCUT2D eigenvalue weighted by atomic mass is 10.2. The first-order valence-corrected chi connectivity index (χ1v) is 5.17. The van der Waals surface area contributed by atoms with Gasteiger partial charge in [0.05, 0.1) is 12.2 Å². The zero-order valence-electron chi connectivity index (χ0n) is 8.83. The van der Waals surface area contributed by atoms with Crippen molar-refractivity contribution in [2.24, 2.45) is 5.92 Å². The highest BCUT2D eigenvalue weighted by atomic mass is 19.4. The smallest absolute Gasteiger partial charge is 0.433 e. The first kappa shape index (κ1) is 11.9. The Bertz CT molecular complexity index is 410. The van der Waals surface area contributed by atoms with Crippen LogP contribution in [0.5, 0.6) is 0 Å². The van der Waals surface area contributed by atoms with Gasteiger partial charge in [0.1, 0.15) is 5.69 Å². The van der Waals surface area contributed by atoms with Gasteiger partial charge in [-0.25, -0.2) is 4.79 Å². The van der Waals surface area contributed by atoms with Gasteiger partial charge in [0.15, 0.2) is 0 Å². The molecule has 6 heteroatoms. The normalized spacial score (nSPS) is 15.7. The van der Waals surface area contributed by atoms with Crippen LogP contribution in [-0.4, -0.2) is 17.6 Å². The molecule has 1 aromatic rings. The Morgan fingerprint density at radius 3 is 2.59 bits per heavy atom. The van der Waals surface area contributed by atoms with E-state index in [0.29, 0.717) is 12.5 Å². The number of hydrogen-bond acceptors (Lipinski definition) is 3.